The van der Waals surface area contributed by atoms with E-state index in [9.17, 15) is 13.2 Å². The summed E-state index contributed by atoms with van der Waals surface area (Å²) in [6.45, 7) is 9.92. The van der Waals surface area contributed by atoms with Crippen molar-refractivity contribution in [2.75, 3.05) is 49.5 Å². The number of likely N-dealkylation sites (N-methyl/N-ethyl adjacent to an activating group) is 1. The maximum atomic E-state index is 13.0. The summed E-state index contributed by atoms with van der Waals surface area (Å²) >= 11 is 0. The maximum absolute atomic E-state index is 13.0. The van der Waals surface area contributed by atoms with Crippen LogP contribution >= 0.6 is 0 Å². The van der Waals surface area contributed by atoms with Crippen LogP contribution in [0.3, 0.4) is 0 Å². The summed E-state index contributed by atoms with van der Waals surface area (Å²) in [6, 6.07) is 14.1. The molecule has 2 aromatic carbocycles. The highest BCUT2D eigenvalue weighted by atomic mass is 32.2. The molecule has 0 aromatic heterocycles. The highest BCUT2D eigenvalue weighted by Crippen LogP contribution is 2.25. The summed E-state index contributed by atoms with van der Waals surface area (Å²) in [4.78, 5) is 17.7. The fourth-order valence-corrected chi connectivity index (χ4v) is 6.32. The number of rotatable bonds is 6. The second-order valence-electron chi connectivity index (χ2n) is 8.91. The maximum Gasteiger partial charge on any atom is 0.255 e. The van der Waals surface area contributed by atoms with Crippen molar-refractivity contribution >= 4 is 27.3 Å². The molecule has 0 bridgehead atoms. The van der Waals surface area contributed by atoms with E-state index < -0.39 is 10.0 Å². The van der Waals surface area contributed by atoms with Gasteiger partial charge in [0.1, 0.15) is 0 Å². The molecule has 1 amide bonds. The molecule has 2 aliphatic heterocycles. The Balaban J connectivity index is 1.38. The van der Waals surface area contributed by atoms with E-state index >= 15 is 0 Å². The van der Waals surface area contributed by atoms with E-state index in [0.717, 1.165) is 63.4 Å². The van der Waals surface area contributed by atoms with Gasteiger partial charge in [-0.3, -0.25) is 4.79 Å². The quantitative estimate of drug-likeness (QED) is 0.698. The van der Waals surface area contributed by atoms with E-state index in [-0.39, 0.29) is 16.8 Å². The third-order valence-corrected chi connectivity index (χ3v) is 8.80. The van der Waals surface area contributed by atoms with E-state index in [4.69, 9.17) is 0 Å². The minimum atomic E-state index is -3.54. The van der Waals surface area contributed by atoms with Crippen LogP contribution in [0.2, 0.25) is 0 Å². The van der Waals surface area contributed by atoms with E-state index in [1.165, 1.54) is 12.1 Å². The van der Waals surface area contributed by atoms with Crippen LogP contribution in [0.15, 0.2) is 53.4 Å². The highest BCUT2D eigenvalue weighted by Gasteiger charge is 2.31. The van der Waals surface area contributed by atoms with E-state index in [2.05, 4.69) is 22.0 Å². The fraction of sp³-hybridized carbons (Fsp3) is 0.480. The summed E-state index contributed by atoms with van der Waals surface area (Å²) in [5, 5.41) is 2.91. The molecule has 0 radical (unpaired) electrons. The van der Waals surface area contributed by atoms with Crippen LogP contribution in [0.4, 0.5) is 11.4 Å². The lowest BCUT2D eigenvalue weighted by Crippen LogP contribution is -2.46. The van der Waals surface area contributed by atoms with Crippen LogP contribution in [0.5, 0.6) is 0 Å². The van der Waals surface area contributed by atoms with Gasteiger partial charge in [0.15, 0.2) is 0 Å². The van der Waals surface area contributed by atoms with Gasteiger partial charge in [-0.2, -0.15) is 4.31 Å². The number of hydrogen-bond acceptors (Lipinski definition) is 5. The third-order valence-electron chi connectivity index (χ3n) is 6.77. The Kier molecular flexibility index (Phi) is 7.36. The third kappa shape index (κ3) is 5.39. The SMILES string of the molecule is CCN1CCN(c2ccc(NC(=O)c3ccc(S(=O)(=O)N4CCCC[C@@H]4C)cc3)cc2)CC1. The van der Waals surface area contributed by atoms with E-state index in [0.29, 0.717) is 12.1 Å². The van der Waals surface area contributed by atoms with Gasteiger partial charge in [0, 0.05) is 55.7 Å². The number of piperazine rings is 1. The Morgan fingerprint density at radius 3 is 2.21 bits per heavy atom. The number of nitrogens with zero attached hydrogens (tertiary/aromatic N) is 3. The molecular formula is C25H34N4O3S. The van der Waals surface area contributed by atoms with Crippen LogP contribution in [0, 0.1) is 0 Å². The fourth-order valence-electron chi connectivity index (χ4n) is 4.62. The number of carbonyl (C=O) groups is 1. The average molecular weight is 471 g/mol. The van der Waals surface area contributed by atoms with Crippen molar-refractivity contribution in [1.29, 1.82) is 0 Å². The molecule has 0 spiro atoms. The number of nitrogens with one attached hydrogen (secondary N) is 1. The molecule has 0 aliphatic carbocycles. The van der Waals surface area contributed by atoms with Crippen LogP contribution in [0.1, 0.15) is 43.5 Å². The van der Waals surface area contributed by atoms with Gasteiger partial charge in [-0.1, -0.05) is 13.3 Å². The number of benzene rings is 2. The van der Waals surface area contributed by atoms with Crippen LogP contribution in [0.25, 0.3) is 0 Å². The van der Waals surface area contributed by atoms with Crippen molar-refractivity contribution in [3.63, 3.8) is 0 Å². The minimum absolute atomic E-state index is 0.00483. The zero-order valence-electron chi connectivity index (χ0n) is 19.5. The Labute approximate surface area is 197 Å². The topological polar surface area (TPSA) is 73.0 Å². The monoisotopic (exact) mass is 470 g/mol. The molecule has 4 rings (SSSR count). The summed E-state index contributed by atoms with van der Waals surface area (Å²) in [5.74, 6) is -0.255. The Hall–Kier alpha value is -2.42. The molecule has 0 saturated carbocycles. The molecule has 7 nitrogen and oxygen atoms in total. The van der Waals surface area contributed by atoms with Gasteiger partial charge in [-0.15, -0.1) is 0 Å². The van der Waals surface area contributed by atoms with Gasteiger partial charge >= 0.3 is 0 Å². The standard InChI is InChI=1S/C25H34N4O3S/c1-3-27-16-18-28(19-17-27)23-11-9-22(10-12-23)26-25(30)21-7-13-24(14-8-21)33(31,32)29-15-5-4-6-20(29)2/h7-14,20H,3-6,15-19H2,1-2H3,(H,26,30)/t20-/m0/s1. The zero-order chi connectivity index (χ0) is 23.4. The minimum Gasteiger partial charge on any atom is -0.369 e. The molecule has 2 fully saturated rings. The number of piperidine rings is 1. The zero-order valence-corrected chi connectivity index (χ0v) is 20.4. The van der Waals surface area contributed by atoms with Crippen molar-refractivity contribution < 1.29 is 13.2 Å². The number of amides is 1. The van der Waals surface area contributed by atoms with Crippen LogP contribution < -0.4 is 10.2 Å². The lowest BCUT2D eigenvalue weighted by Gasteiger charge is -2.35. The largest absolute Gasteiger partial charge is 0.369 e. The van der Waals surface area contributed by atoms with Crippen molar-refractivity contribution in [2.45, 2.75) is 44.0 Å². The molecule has 2 heterocycles. The normalized spacial score (nSPS) is 20.5. The Morgan fingerprint density at radius 2 is 1.61 bits per heavy atom. The number of carbonyl (C=O) groups excluding carboxylic acids is 1. The first-order chi connectivity index (χ1) is 15.9. The van der Waals surface area contributed by atoms with Crippen molar-refractivity contribution in [3.05, 3.63) is 54.1 Å². The van der Waals surface area contributed by atoms with E-state index in [1.54, 1.807) is 16.4 Å². The lowest BCUT2D eigenvalue weighted by molar-refractivity contribution is 0.102. The van der Waals surface area contributed by atoms with Crippen molar-refractivity contribution in [2.24, 2.45) is 0 Å². The molecule has 2 aromatic rings. The molecule has 8 heteroatoms. The highest BCUT2D eigenvalue weighted by molar-refractivity contribution is 7.89. The molecule has 2 aliphatic rings. The van der Waals surface area contributed by atoms with Crippen LogP contribution in [-0.2, 0) is 10.0 Å². The summed E-state index contributed by atoms with van der Waals surface area (Å²) < 4.78 is 27.6. The Bertz CT molecular complexity index is 1050. The van der Waals surface area contributed by atoms with Crippen LogP contribution in [-0.4, -0.2) is 68.8 Å². The predicted octanol–water partition coefficient (Wildman–Crippen LogP) is 3.64. The molecule has 1 N–H and O–H groups in total. The molecule has 33 heavy (non-hydrogen) atoms. The smallest absolute Gasteiger partial charge is 0.255 e. The van der Waals surface area contributed by atoms with E-state index in [1.807, 2.05) is 31.2 Å². The first kappa shape index (κ1) is 23.7. The lowest BCUT2D eigenvalue weighted by atomic mass is 10.1. The number of anilines is 2. The van der Waals surface area contributed by atoms with Gasteiger partial charge in [0.2, 0.25) is 10.0 Å². The number of sulfonamides is 1. The van der Waals surface area contributed by atoms with Gasteiger partial charge in [-0.25, -0.2) is 8.42 Å². The molecular weight excluding hydrogens is 436 g/mol. The first-order valence-corrected chi connectivity index (χ1v) is 13.3. The first-order valence-electron chi connectivity index (χ1n) is 11.9. The van der Waals surface area contributed by atoms with Gasteiger partial charge in [0.25, 0.3) is 5.91 Å². The molecule has 1 atom stereocenters. The summed E-state index contributed by atoms with van der Waals surface area (Å²) in [6.07, 6.45) is 2.83. The van der Waals surface area contributed by atoms with Gasteiger partial charge in [0.05, 0.1) is 4.90 Å². The summed E-state index contributed by atoms with van der Waals surface area (Å²) in [7, 11) is -3.54. The molecule has 0 unspecified atom stereocenters. The predicted molar refractivity (Wildman–Crippen MR) is 132 cm³/mol. The molecule has 178 valence electrons. The van der Waals surface area contributed by atoms with Gasteiger partial charge in [-0.05, 0) is 74.8 Å². The Morgan fingerprint density at radius 1 is 0.939 bits per heavy atom. The van der Waals surface area contributed by atoms with Crippen molar-refractivity contribution in [1.82, 2.24) is 9.21 Å². The average Bonchev–Trinajstić information content (AvgIpc) is 2.85. The van der Waals surface area contributed by atoms with Gasteiger partial charge < -0.3 is 15.1 Å². The second kappa shape index (κ2) is 10.2. The summed E-state index contributed by atoms with van der Waals surface area (Å²) in [5.41, 5.74) is 2.31. The number of hydrogen-bond donors (Lipinski definition) is 1. The molecule has 2 saturated heterocycles. The second-order valence-corrected chi connectivity index (χ2v) is 10.8. The van der Waals surface area contributed by atoms with Crippen molar-refractivity contribution in [3.8, 4) is 0 Å².